The van der Waals surface area contributed by atoms with Crippen molar-refractivity contribution in [2.45, 2.75) is 6.92 Å². The lowest BCUT2D eigenvalue weighted by atomic mass is 9.98. The Labute approximate surface area is 111 Å². The lowest BCUT2D eigenvalue weighted by Crippen LogP contribution is -2.08. The van der Waals surface area contributed by atoms with E-state index in [2.05, 4.69) is 11.9 Å². The maximum Gasteiger partial charge on any atom is 0.221 e. The number of benzene rings is 2. The van der Waals surface area contributed by atoms with Gasteiger partial charge in [0.2, 0.25) is 5.91 Å². The maximum atomic E-state index is 13.4. The van der Waals surface area contributed by atoms with E-state index in [0.717, 1.165) is 5.56 Å². The molecule has 0 aliphatic rings. The van der Waals surface area contributed by atoms with Crippen LogP contribution in [0.15, 0.2) is 55.1 Å². The molecule has 2 rings (SSSR count). The molecule has 0 unspecified atom stereocenters. The average molecular weight is 255 g/mol. The normalized spacial score (nSPS) is 10.0. The van der Waals surface area contributed by atoms with Crippen molar-refractivity contribution in [3.8, 4) is 0 Å². The van der Waals surface area contributed by atoms with E-state index in [-0.39, 0.29) is 11.7 Å². The van der Waals surface area contributed by atoms with Crippen LogP contribution in [0.4, 0.5) is 10.1 Å². The molecule has 0 aromatic heterocycles. The number of rotatable bonds is 3. The van der Waals surface area contributed by atoms with Crippen LogP contribution < -0.4 is 5.32 Å². The highest BCUT2D eigenvalue weighted by Gasteiger charge is 2.10. The van der Waals surface area contributed by atoms with Gasteiger partial charge in [-0.25, -0.2) is 4.39 Å². The Balaban J connectivity index is 2.45. The molecule has 1 N–H and O–H groups in total. The largest absolute Gasteiger partial charge is 0.326 e. The van der Waals surface area contributed by atoms with Gasteiger partial charge in [-0.1, -0.05) is 36.9 Å². The van der Waals surface area contributed by atoms with Gasteiger partial charge in [0.15, 0.2) is 0 Å². The molecule has 0 atom stereocenters. The van der Waals surface area contributed by atoms with E-state index in [1.165, 1.54) is 19.1 Å². The lowest BCUT2D eigenvalue weighted by Gasteiger charge is -2.12. The third kappa shape index (κ3) is 3.07. The molecule has 0 heterocycles. The van der Waals surface area contributed by atoms with E-state index in [4.69, 9.17) is 0 Å². The fourth-order valence-corrected chi connectivity index (χ4v) is 1.86. The fraction of sp³-hybridized carbons (Fsp3) is 0.0625. The Morgan fingerprint density at radius 1 is 1.16 bits per heavy atom. The molecule has 3 heteroatoms. The summed E-state index contributed by atoms with van der Waals surface area (Å²) in [5, 5.41) is 2.68. The summed E-state index contributed by atoms with van der Waals surface area (Å²) in [6.07, 6.45) is 0. The number of hydrogen-bond donors (Lipinski definition) is 1. The molecular weight excluding hydrogens is 241 g/mol. The third-order valence-electron chi connectivity index (χ3n) is 2.74. The smallest absolute Gasteiger partial charge is 0.221 e. The van der Waals surface area contributed by atoms with E-state index in [0.29, 0.717) is 16.8 Å². The number of amides is 1. The zero-order valence-electron chi connectivity index (χ0n) is 10.6. The van der Waals surface area contributed by atoms with Gasteiger partial charge in [0.1, 0.15) is 5.82 Å². The second kappa shape index (κ2) is 5.48. The Hall–Kier alpha value is -2.42. The summed E-state index contributed by atoms with van der Waals surface area (Å²) in [7, 11) is 0. The second-order valence-corrected chi connectivity index (χ2v) is 4.22. The van der Waals surface area contributed by atoms with Crippen LogP contribution >= 0.6 is 0 Å². The fourth-order valence-electron chi connectivity index (χ4n) is 1.86. The first-order valence-corrected chi connectivity index (χ1v) is 5.90. The van der Waals surface area contributed by atoms with Gasteiger partial charge in [0, 0.05) is 18.2 Å². The van der Waals surface area contributed by atoms with Crippen molar-refractivity contribution in [1.82, 2.24) is 0 Å². The first-order valence-electron chi connectivity index (χ1n) is 5.90. The van der Waals surface area contributed by atoms with Gasteiger partial charge < -0.3 is 5.32 Å². The van der Waals surface area contributed by atoms with Crippen LogP contribution in [0.2, 0.25) is 0 Å². The van der Waals surface area contributed by atoms with Crippen LogP contribution in [-0.4, -0.2) is 5.91 Å². The zero-order valence-corrected chi connectivity index (χ0v) is 10.6. The topological polar surface area (TPSA) is 29.1 Å². The minimum absolute atomic E-state index is 0.200. The summed E-state index contributed by atoms with van der Waals surface area (Å²) in [6.45, 7) is 5.40. The summed E-state index contributed by atoms with van der Waals surface area (Å²) >= 11 is 0. The van der Waals surface area contributed by atoms with E-state index in [1.54, 1.807) is 6.07 Å². The Morgan fingerprint density at radius 2 is 1.84 bits per heavy atom. The van der Waals surface area contributed by atoms with Gasteiger partial charge in [-0.15, -0.1) is 0 Å². The number of carbonyl (C=O) groups is 1. The van der Waals surface area contributed by atoms with Gasteiger partial charge in [-0.2, -0.15) is 0 Å². The van der Waals surface area contributed by atoms with Gasteiger partial charge in [-0.05, 0) is 29.3 Å². The van der Waals surface area contributed by atoms with Crippen LogP contribution in [0.3, 0.4) is 0 Å². The van der Waals surface area contributed by atoms with Crippen molar-refractivity contribution in [2.24, 2.45) is 0 Å². The quantitative estimate of drug-likeness (QED) is 0.886. The van der Waals surface area contributed by atoms with Crippen molar-refractivity contribution in [1.29, 1.82) is 0 Å². The minimum atomic E-state index is -0.360. The lowest BCUT2D eigenvalue weighted by molar-refractivity contribution is -0.114. The molecule has 2 aromatic carbocycles. The van der Waals surface area contributed by atoms with Gasteiger partial charge in [0.05, 0.1) is 0 Å². The molecule has 0 fully saturated rings. The van der Waals surface area contributed by atoms with Crippen LogP contribution in [0.5, 0.6) is 0 Å². The Kier molecular flexibility index (Phi) is 3.76. The van der Waals surface area contributed by atoms with E-state index in [1.807, 2.05) is 30.3 Å². The second-order valence-electron chi connectivity index (χ2n) is 4.22. The first kappa shape index (κ1) is 13.0. The van der Waals surface area contributed by atoms with Crippen molar-refractivity contribution < 1.29 is 9.18 Å². The summed E-state index contributed by atoms with van der Waals surface area (Å²) < 4.78 is 13.4. The summed E-state index contributed by atoms with van der Waals surface area (Å²) in [5.41, 5.74) is 2.70. The zero-order chi connectivity index (χ0) is 13.8. The van der Waals surface area contributed by atoms with Crippen molar-refractivity contribution in [3.05, 3.63) is 72.1 Å². The monoisotopic (exact) mass is 255 g/mol. The molecule has 0 aliphatic heterocycles. The van der Waals surface area contributed by atoms with E-state index < -0.39 is 0 Å². The minimum Gasteiger partial charge on any atom is -0.326 e. The van der Waals surface area contributed by atoms with Gasteiger partial charge in [0.25, 0.3) is 0 Å². The van der Waals surface area contributed by atoms with Crippen LogP contribution in [0.1, 0.15) is 18.1 Å². The molecule has 19 heavy (non-hydrogen) atoms. The van der Waals surface area contributed by atoms with Gasteiger partial charge in [-0.3, -0.25) is 4.79 Å². The third-order valence-corrected chi connectivity index (χ3v) is 2.74. The molecule has 0 radical (unpaired) electrons. The molecule has 2 nitrogen and oxygen atoms in total. The predicted molar refractivity (Wildman–Crippen MR) is 75.3 cm³/mol. The van der Waals surface area contributed by atoms with E-state index >= 15 is 0 Å². The van der Waals surface area contributed by atoms with Crippen molar-refractivity contribution >= 4 is 17.2 Å². The van der Waals surface area contributed by atoms with Crippen LogP contribution in [-0.2, 0) is 4.79 Å². The van der Waals surface area contributed by atoms with Crippen LogP contribution in [0.25, 0.3) is 5.57 Å². The molecule has 1 amide bonds. The molecule has 0 saturated heterocycles. The highest BCUT2D eigenvalue weighted by Crippen LogP contribution is 2.28. The highest BCUT2D eigenvalue weighted by molar-refractivity contribution is 5.94. The number of halogens is 1. The summed E-state index contributed by atoms with van der Waals surface area (Å²) in [5.74, 6) is -0.560. The summed E-state index contributed by atoms with van der Waals surface area (Å²) in [6, 6.07) is 13.7. The number of anilines is 1. The summed E-state index contributed by atoms with van der Waals surface area (Å²) in [4.78, 5) is 11.2. The standard InChI is InChI=1S/C16H14FNO/c1-11(13-6-4-3-5-7-13)15-10-14(17)8-9-16(15)18-12(2)19/h3-10H,1H2,2H3,(H,18,19). The number of nitrogens with one attached hydrogen (secondary N) is 1. The molecular formula is C16H14FNO. The molecule has 2 aromatic rings. The molecule has 0 bridgehead atoms. The Morgan fingerprint density at radius 3 is 2.47 bits per heavy atom. The Bertz CT molecular complexity index is 620. The average Bonchev–Trinajstić information content (AvgIpc) is 2.40. The molecule has 0 saturated carbocycles. The molecule has 0 spiro atoms. The highest BCUT2D eigenvalue weighted by atomic mass is 19.1. The van der Waals surface area contributed by atoms with E-state index in [9.17, 15) is 9.18 Å². The SMILES string of the molecule is C=C(c1ccccc1)c1cc(F)ccc1NC(C)=O. The number of hydrogen-bond acceptors (Lipinski definition) is 1. The molecule has 0 aliphatic carbocycles. The van der Waals surface area contributed by atoms with Crippen molar-refractivity contribution in [2.75, 3.05) is 5.32 Å². The molecule has 96 valence electrons. The maximum absolute atomic E-state index is 13.4. The predicted octanol–water partition coefficient (Wildman–Crippen LogP) is 3.85. The number of carbonyl (C=O) groups excluding carboxylic acids is 1. The van der Waals surface area contributed by atoms with Crippen molar-refractivity contribution in [3.63, 3.8) is 0 Å². The van der Waals surface area contributed by atoms with Gasteiger partial charge >= 0.3 is 0 Å². The first-order chi connectivity index (χ1) is 9.08. The van der Waals surface area contributed by atoms with Crippen LogP contribution in [0, 0.1) is 5.82 Å².